The molecule has 0 aliphatic heterocycles. The van der Waals surface area contributed by atoms with Crippen LogP contribution in [0.25, 0.3) is 11.1 Å². The summed E-state index contributed by atoms with van der Waals surface area (Å²) >= 11 is -2.28. The van der Waals surface area contributed by atoms with Crippen LogP contribution in [0.1, 0.15) is 79.4 Å². The first-order valence-electron chi connectivity index (χ1n) is 14.7. The Hall–Kier alpha value is -1.31. The normalized spacial score (nSPS) is 15.0. The van der Waals surface area contributed by atoms with Gasteiger partial charge in [0.2, 0.25) is 0 Å². The zero-order chi connectivity index (χ0) is 28.2. The number of rotatable bonds is 5. The Kier molecular flexibility index (Phi) is 10.6. The Morgan fingerprint density at radius 3 is 1.71 bits per heavy atom. The smallest absolute Gasteiger partial charge is 1.00 e. The molecule has 0 spiro atoms. The van der Waals surface area contributed by atoms with E-state index >= 15 is 0 Å². The third-order valence-corrected chi connectivity index (χ3v) is 18.0. The van der Waals surface area contributed by atoms with E-state index in [2.05, 4.69) is 144 Å². The molecule has 3 aromatic rings. The number of benzene rings is 3. The molecule has 0 amide bonds. The summed E-state index contributed by atoms with van der Waals surface area (Å²) in [5.74, 6) is 0. The molecule has 0 saturated carbocycles. The van der Waals surface area contributed by atoms with E-state index in [4.69, 9.17) is 0 Å². The van der Waals surface area contributed by atoms with E-state index < -0.39 is 29.3 Å². The van der Waals surface area contributed by atoms with E-state index in [-0.39, 0.29) is 35.6 Å². The van der Waals surface area contributed by atoms with Crippen molar-refractivity contribution in [3.63, 3.8) is 0 Å². The molecule has 3 aromatic carbocycles. The van der Waals surface area contributed by atoms with Gasteiger partial charge >= 0.3 is 248 Å². The Labute approximate surface area is 270 Å². The molecule has 0 unspecified atom stereocenters. The summed E-state index contributed by atoms with van der Waals surface area (Å²) < 4.78 is 5.16. The number of hydrogen-bond donors (Lipinski definition) is 0. The molecule has 2 aliphatic carbocycles. The van der Waals surface area contributed by atoms with Crippen molar-refractivity contribution in [1.29, 1.82) is 0 Å². The fraction of sp³-hybridized carbons (Fsp3) is 0.378. The van der Waals surface area contributed by atoms with Crippen LogP contribution in [0, 0.1) is 0 Å². The maximum atomic E-state index is 2.82. The van der Waals surface area contributed by atoms with Gasteiger partial charge in [0.05, 0.1) is 0 Å². The molecule has 0 heterocycles. The quantitative estimate of drug-likeness (QED) is 0.356. The van der Waals surface area contributed by atoms with Crippen molar-refractivity contribution < 1.29 is 46.1 Å². The predicted molar refractivity (Wildman–Crippen MR) is 171 cm³/mol. The number of fused-ring (bicyclic) bond motifs is 3. The van der Waals surface area contributed by atoms with Crippen molar-refractivity contribution in [2.45, 2.75) is 88.5 Å². The van der Waals surface area contributed by atoms with Crippen molar-refractivity contribution in [2.75, 3.05) is 0 Å². The van der Waals surface area contributed by atoms with Gasteiger partial charge in [-0.25, -0.2) is 0 Å². The largest absolute Gasteiger partial charge is 1.00 e. The van der Waals surface area contributed by atoms with Crippen LogP contribution in [0.5, 0.6) is 0 Å². The third kappa shape index (κ3) is 7.26. The molecule has 2 aliphatic rings. The van der Waals surface area contributed by atoms with Crippen LogP contribution < -0.4 is 24.8 Å². The maximum absolute atomic E-state index is 2.82. The first-order valence-corrected chi connectivity index (χ1v) is 22.2. The third-order valence-electron chi connectivity index (χ3n) is 8.57. The van der Waals surface area contributed by atoms with Gasteiger partial charge in [0, 0.05) is 0 Å². The van der Waals surface area contributed by atoms with Crippen molar-refractivity contribution in [1.82, 2.24) is 0 Å². The second-order valence-electron chi connectivity index (χ2n) is 14.7. The average Bonchev–Trinajstić information content (AvgIpc) is 3.47. The van der Waals surface area contributed by atoms with Gasteiger partial charge < -0.3 is 24.8 Å². The van der Waals surface area contributed by atoms with Crippen LogP contribution in [0.15, 0.2) is 87.4 Å². The molecule has 0 aromatic heterocycles. The summed E-state index contributed by atoms with van der Waals surface area (Å²) in [5.41, 5.74) is 10.8. The summed E-state index contributed by atoms with van der Waals surface area (Å²) in [5, 5.41) is 1.66. The molecular weight excluding hydrogens is 635 g/mol. The van der Waals surface area contributed by atoms with Crippen LogP contribution in [0.3, 0.4) is 0 Å². The van der Waals surface area contributed by atoms with Crippen LogP contribution in [-0.4, -0.2) is 11.8 Å². The van der Waals surface area contributed by atoms with Crippen LogP contribution in [0.2, 0.25) is 19.6 Å². The second kappa shape index (κ2) is 12.7. The van der Waals surface area contributed by atoms with Gasteiger partial charge in [-0.3, -0.25) is 0 Å². The van der Waals surface area contributed by atoms with Crippen LogP contribution in [0.4, 0.5) is 0 Å². The fourth-order valence-corrected chi connectivity index (χ4v) is 15.5. The van der Waals surface area contributed by atoms with E-state index in [1.807, 2.05) is 0 Å². The predicted octanol–water partition coefficient (Wildman–Crippen LogP) is 4.11. The molecule has 0 atom stereocenters. The van der Waals surface area contributed by atoms with E-state index in [1.54, 1.807) is 19.6 Å². The zero-order valence-electron chi connectivity index (χ0n) is 26.3. The zero-order valence-corrected chi connectivity index (χ0v) is 31.3. The molecule has 0 saturated heterocycles. The number of allylic oxidation sites excluding steroid dienone is 4. The molecule has 4 heteroatoms. The number of halogens is 2. The summed E-state index contributed by atoms with van der Waals surface area (Å²) in [6.07, 6.45) is 7.51. The van der Waals surface area contributed by atoms with Crippen molar-refractivity contribution in [3.8, 4) is 11.1 Å². The van der Waals surface area contributed by atoms with Gasteiger partial charge in [-0.15, -0.1) is 0 Å². The van der Waals surface area contributed by atoms with Crippen molar-refractivity contribution in [3.05, 3.63) is 115 Å². The van der Waals surface area contributed by atoms with E-state index in [0.29, 0.717) is 3.63 Å². The average molecular weight is 681 g/mol. The van der Waals surface area contributed by atoms with Gasteiger partial charge in [-0.1, -0.05) is 0 Å². The van der Waals surface area contributed by atoms with Gasteiger partial charge in [-0.05, 0) is 0 Å². The van der Waals surface area contributed by atoms with E-state index in [9.17, 15) is 0 Å². The molecule has 41 heavy (non-hydrogen) atoms. The maximum Gasteiger partial charge on any atom is -1.00 e. The summed E-state index contributed by atoms with van der Waals surface area (Å²) in [6.45, 7) is 21.5. The number of hydrogen-bond acceptors (Lipinski definition) is 0. The minimum Gasteiger partial charge on any atom is -1.00 e. The fourth-order valence-electron chi connectivity index (χ4n) is 6.04. The molecule has 0 nitrogen and oxygen atoms in total. The standard InChI is InChI=1S/C21H25.C8H13Si.C8H8.2ClH.Zr/c1-20(2,3)16-9-7-14-11-15-8-10-17(21(4,5)6)13-19(15)18(14)12-16;1-9(2,3)8-6-4-5-7-8;1-2-8-6-4-3-5-7-8;;;/h7-13H,1-6H3;6-7H,4H2,1-3H3;1,3-7H,2H2;2*1H;/q;;;;;+2/p-2. The van der Waals surface area contributed by atoms with E-state index in [0.717, 1.165) is 6.42 Å². The van der Waals surface area contributed by atoms with Gasteiger partial charge in [0.1, 0.15) is 0 Å². The van der Waals surface area contributed by atoms with Gasteiger partial charge in [0.15, 0.2) is 0 Å². The Balaban J connectivity index is 0.00000231. The molecule has 0 radical (unpaired) electrons. The van der Waals surface area contributed by atoms with Crippen LogP contribution >= 0.6 is 0 Å². The minimum absolute atomic E-state index is 0. The second-order valence-corrected chi connectivity index (χ2v) is 26.0. The van der Waals surface area contributed by atoms with E-state index in [1.165, 1.54) is 34.2 Å². The topological polar surface area (TPSA) is 0 Å². The molecule has 0 N–H and O–H groups in total. The molecule has 5 rings (SSSR count). The summed E-state index contributed by atoms with van der Waals surface area (Å²) in [4.78, 5) is 0. The van der Waals surface area contributed by atoms with Crippen molar-refractivity contribution >= 4 is 11.8 Å². The van der Waals surface area contributed by atoms with Crippen molar-refractivity contribution in [2.24, 2.45) is 0 Å². The molecule has 0 fully saturated rings. The first-order chi connectivity index (χ1) is 18.2. The molecule has 216 valence electrons. The van der Waals surface area contributed by atoms with Crippen LogP contribution in [-0.2, 0) is 38.5 Å². The summed E-state index contributed by atoms with van der Waals surface area (Å²) in [6, 6.07) is 26.1. The van der Waals surface area contributed by atoms with Gasteiger partial charge in [-0.2, -0.15) is 0 Å². The SMILES string of the molecule is CC(C)(C)c1ccc2c(c1)-c1cc(C(C)(C)C)ccc1[CH]2/[Zr+2](=[CH]\Cc1ccccc1)[C]1=CC([Si](C)(C)C)=CC1.[Cl-].[Cl-]. The minimum atomic E-state index is -2.28. The first kappa shape index (κ1) is 34.2. The molecule has 0 bridgehead atoms. The molecular formula is C37H46Cl2SiZr. The Bertz CT molecular complexity index is 1430. The van der Waals surface area contributed by atoms with Gasteiger partial charge in [0.25, 0.3) is 0 Å². The monoisotopic (exact) mass is 678 g/mol. The summed E-state index contributed by atoms with van der Waals surface area (Å²) in [7, 11) is -1.34. The Morgan fingerprint density at radius 1 is 0.756 bits per heavy atom. The Morgan fingerprint density at radius 2 is 1.27 bits per heavy atom.